The molecule has 1 aliphatic carbocycles. The number of benzene rings is 2. The van der Waals surface area contributed by atoms with Crippen LogP contribution in [0.15, 0.2) is 53.7 Å². The number of rotatable bonds is 10. The fraction of sp³-hybridized carbons (Fsp3) is 0.516. The van der Waals surface area contributed by atoms with Gasteiger partial charge in [0.15, 0.2) is 11.9 Å². The summed E-state index contributed by atoms with van der Waals surface area (Å²) in [6.45, 7) is 10.9. The molecule has 206 valence electrons. The Bertz CT molecular complexity index is 1140. The van der Waals surface area contributed by atoms with Crippen LogP contribution in [-0.4, -0.2) is 39.2 Å². The number of unbranched alkanes of at least 4 members (excludes halogenated alkanes) is 4. The minimum Gasteiger partial charge on any atom is -0.410 e. The van der Waals surface area contributed by atoms with Crippen LogP contribution in [0.5, 0.6) is 0 Å². The van der Waals surface area contributed by atoms with E-state index in [4.69, 9.17) is 4.84 Å². The lowest BCUT2D eigenvalue weighted by atomic mass is 9.63. The Balaban J connectivity index is 1.91. The van der Waals surface area contributed by atoms with Crippen LogP contribution in [0, 0.1) is 0 Å². The lowest BCUT2D eigenvalue weighted by Gasteiger charge is -2.42. The second-order valence-corrected chi connectivity index (χ2v) is 11.5. The van der Waals surface area contributed by atoms with Gasteiger partial charge in [0, 0.05) is 5.56 Å². The Morgan fingerprint density at radius 2 is 1.55 bits per heavy atom. The Hall–Kier alpha value is -3.19. The van der Waals surface area contributed by atoms with Crippen molar-refractivity contribution in [2.24, 2.45) is 5.16 Å². The average Bonchev–Trinajstić information content (AvgIpc) is 2.90. The summed E-state index contributed by atoms with van der Waals surface area (Å²) in [6, 6.07) is 13.9. The highest BCUT2D eigenvalue weighted by molar-refractivity contribution is 6.45. The Morgan fingerprint density at radius 1 is 0.921 bits per heavy atom. The van der Waals surface area contributed by atoms with Crippen molar-refractivity contribution in [1.82, 2.24) is 5.06 Å². The molecule has 7 nitrogen and oxygen atoms in total. The number of nitrogens with zero attached hydrogens (tertiary/aromatic N) is 2. The van der Waals surface area contributed by atoms with E-state index in [2.05, 4.69) is 39.8 Å². The molecular formula is C31H42N2O5. The van der Waals surface area contributed by atoms with Gasteiger partial charge in [0.25, 0.3) is 0 Å². The number of hydroxylamine groups is 2. The van der Waals surface area contributed by atoms with E-state index in [1.54, 1.807) is 36.4 Å². The lowest BCUT2D eigenvalue weighted by Crippen LogP contribution is -2.45. The SMILES string of the molecule is CCCCCCCC(O)N(OC(=O)c1ccccc1)C(=O)C(=NO)c1ccc2c(c1)C(C)(C)CCC2(C)C. The average molecular weight is 523 g/mol. The molecule has 0 fully saturated rings. The van der Waals surface area contributed by atoms with Crippen LogP contribution in [-0.2, 0) is 20.5 Å². The van der Waals surface area contributed by atoms with Gasteiger partial charge in [0.2, 0.25) is 0 Å². The predicted molar refractivity (Wildman–Crippen MR) is 148 cm³/mol. The third-order valence-electron chi connectivity index (χ3n) is 7.66. The zero-order valence-corrected chi connectivity index (χ0v) is 23.4. The molecule has 7 heteroatoms. The van der Waals surface area contributed by atoms with Gasteiger partial charge in [0.05, 0.1) is 5.56 Å². The molecule has 2 aromatic carbocycles. The third-order valence-corrected chi connectivity index (χ3v) is 7.66. The molecule has 1 atom stereocenters. The smallest absolute Gasteiger partial charge is 0.363 e. The zero-order chi connectivity index (χ0) is 27.9. The van der Waals surface area contributed by atoms with Crippen molar-refractivity contribution in [3.63, 3.8) is 0 Å². The molecule has 0 saturated carbocycles. The summed E-state index contributed by atoms with van der Waals surface area (Å²) < 4.78 is 0. The summed E-state index contributed by atoms with van der Waals surface area (Å²) in [5.74, 6) is -1.67. The number of oxime groups is 1. The number of aliphatic hydroxyl groups is 1. The van der Waals surface area contributed by atoms with Crippen molar-refractivity contribution >= 4 is 17.6 Å². The van der Waals surface area contributed by atoms with Gasteiger partial charge >= 0.3 is 11.9 Å². The largest absolute Gasteiger partial charge is 0.410 e. The van der Waals surface area contributed by atoms with Crippen LogP contribution in [0.3, 0.4) is 0 Å². The fourth-order valence-electron chi connectivity index (χ4n) is 5.07. The Labute approximate surface area is 226 Å². The standard InChI is InChI=1S/C31H42N2O5/c1-6-7-8-9-13-16-26(34)33(38-29(36)22-14-11-10-12-15-22)28(35)27(32-37)23-17-18-24-25(21-23)31(4,5)20-19-30(24,2)3/h10-12,14-15,17-18,21,26,34,37H,6-9,13,16,19-20H2,1-5H3. The number of hydrogen-bond donors (Lipinski definition) is 2. The Morgan fingerprint density at radius 3 is 2.18 bits per heavy atom. The van der Waals surface area contributed by atoms with E-state index in [-0.39, 0.29) is 28.5 Å². The first kappa shape index (κ1) is 29.4. The molecular weight excluding hydrogens is 480 g/mol. The number of fused-ring (bicyclic) bond motifs is 1. The fourth-order valence-corrected chi connectivity index (χ4v) is 5.07. The van der Waals surface area contributed by atoms with Crippen LogP contribution in [0.2, 0.25) is 0 Å². The number of hydrogen-bond acceptors (Lipinski definition) is 6. The number of amides is 1. The highest BCUT2D eigenvalue weighted by Gasteiger charge is 2.38. The summed E-state index contributed by atoms with van der Waals surface area (Å²) in [7, 11) is 0. The zero-order valence-electron chi connectivity index (χ0n) is 23.4. The van der Waals surface area contributed by atoms with Gasteiger partial charge in [-0.1, -0.05) is 95.8 Å². The van der Waals surface area contributed by atoms with Crippen LogP contribution in [0.4, 0.5) is 0 Å². The minimum absolute atomic E-state index is 0.0187. The summed E-state index contributed by atoms with van der Waals surface area (Å²) in [4.78, 5) is 32.0. The molecule has 1 amide bonds. The first-order valence-corrected chi connectivity index (χ1v) is 13.7. The molecule has 2 N–H and O–H groups in total. The highest BCUT2D eigenvalue weighted by atomic mass is 16.7. The number of carbonyl (C=O) groups excluding carboxylic acids is 2. The van der Waals surface area contributed by atoms with Gasteiger partial charge < -0.3 is 15.2 Å². The number of aliphatic hydroxyl groups excluding tert-OH is 1. The molecule has 1 aliphatic rings. The molecule has 2 aromatic rings. The van der Waals surface area contributed by atoms with Crippen molar-refractivity contribution in [1.29, 1.82) is 0 Å². The van der Waals surface area contributed by atoms with Gasteiger partial charge in [-0.25, -0.2) is 4.79 Å². The predicted octanol–water partition coefficient (Wildman–Crippen LogP) is 6.49. The summed E-state index contributed by atoms with van der Waals surface area (Å²) in [5.41, 5.74) is 2.49. The number of carbonyl (C=O) groups is 2. The summed E-state index contributed by atoms with van der Waals surface area (Å²) in [6.07, 6.45) is 5.60. The van der Waals surface area contributed by atoms with Gasteiger partial charge in [-0.05, 0) is 65.8 Å². The molecule has 0 bridgehead atoms. The molecule has 38 heavy (non-hydrogen) atoms. The van der Waals surface area contributed by atoms with E-state index in [0.29, 0.717) is 17.0 Å². The van der Waals surface area contributed by atoms with E-state index in [9.17, 15) is 19.9 Å². The topological polar surface area (TPSA) is 99.4 Å². The maximum Gasteiger partial charge on any atom is 0.363 e. The van der Waals surface area contributed by atoms with E-state index < -0.39 is 18.1 Å². The molecule has 0 heterocycles. The van der Waals surface area contributed by atoms with Gasteiger partial charge in [-0.3, -0.25) is 4.79 Å². The third kappa shape index (κ3) is 6.81. The first-order chi connectivity index (χ1) is 18.0. The quantitative estimate of drug-likeness (QED) is 0.122. The van der Waals surface area contributed by atoms with Crippen molar-refractivity contribution in [2.75, 3.05) is 0 Å². The molecule has 0 aromatic heterocycles. The van der Waals surface area contributed by atoms with Gasteiger partial charge in [0.1, 0.15) is 0 Å². The van der Waals surface area contributed by atoms with Crippen LogP contribution >= 0.6 is 0 Å². The highest BCUT2D eigenvalue weighted by Crippen LogP contribution is 2.46. The molecule has 0 spiro atoms. The summed E-state index contributed by atoms with van der Waals surface area (Å²) >= 11 is 0. The molecule has 1 unspecified atom stereocenters. The lowest BCUT2D eigenvalue weighted by molar-refractivity contribution is -0.201. The van der Waals surface area contributed by atoms with Crippen molar-refractivity contribution in [2.45, 2.75) is 103 Å². The van der Waals surface area contributed by atoms with Crippen LogP contribution in [0.1, 0.15) is 113 Å². The van der Waals surface area contributed by atoms with Crippen molar-refractivity contribution in [3.05, 3.63) is 70.8 Å². The van der Waals surface area contributed by atoms with Crippen molar-refractivity contribution < 1.29 is 24.7 Å². The molecule has 0 radical (unpaired) electrons. The van der Waals surface area contributed by atoms with E-state index in [0.717, 1.165) is 44.1 Å². The molecule has 0 saturated heterocycles. The summed E-state index contributed by atoms with van der Waals surface area (Å²) in [5, 5.41) is 24.9. The maximum atomic E-state index is 13.7. The van der Waals surface area contributed by atoms with E-state index in [1.807, 2.05) is 12.1 Å². The van der Waals surface area contributed by atoms with Crippen molar-refractivity contribution in [3.8, 4) is 0 Å². The van der Waals surface area contributed by atoms with Gasteiger partial charge in [-0.15, -0.1) is 5.06 Å². The Kier molecular flexibility index (Phi) is 9.71. The van der Waals surface area contributed by atoms with Gasteiger partial charge in [-0.2, -0.15) is 0 Å². The minimum atomic E-state index is -1.39. The second kappa shape index (κ2) is 12.6. The normalized spacial score (nSPS) is 16.8. The monoisotopic (exact) mass is 522 g/mol. The maximum absolute atomic E-state index is 13.7. The second-order valence-electron chi connectivity index (χ2n) is 11.5. The molecule has 0 aliphatic heterocycles. The van der Waals surface area contributed by atoms with E-state index >= 15 is 0 Å². The van der Waals surface area contributed by atoms with Crippen LogP contribution < -0.4 is 0 Å². The van der Waals surface area contributed by atoms with E-state index in [1.165, 1.54) is 5.56 Å². The first-order valence-electron chi connectivity index (χ1n) is 13.7. The van der Waals surface area contributed by atoms with Crippen LogP contribution in [0.25, 0.3) is 0 Å². The molecule has 3 rings (SSSR count).